The normalized spacial score (nSPS) is 10.5. The highest BCUT2D eigenvalue weighted by Crippen LogP contribution is 1.98. The molecule has 0 amide bonds. The fourth-order valence-corrected chi connectivity index (χ4v) is 0.811. The first-order chi connectivity index (χ1) is 5.86. The SMILES string of the molecule is CNCCc1noc(COC)n1. The minimum absolute atomic E-state index is 0.382. The first-order valence-electron chi connectivity index (χ1n) is 3.82. The fourth-order valence-electron chi connectivity index (χ4n) is 0.811. The van der Waals surface area contributed by atoms with Crippen molar-refractivity contribution in [2.24, 2.45) is 0 Å². The molecule has 0 fully saturated rings. The topological polar surface area (TPSA) is 60.2 Å². The van der Waals surface area contributed by atoms with Gasteiger partial charge in [-0.15, -0.1) is 0 Å². The van der Waals surface area contributed by atoms with E-state index in [1.807, 2.05) is 7.05 Å². The van der Waals surface area contributed by atoms with Crippen molar-refractivity contribution < 1.29 is 9.26 Å². The third kappa shape index (κ3) is 2.60. The number of ether oxygens (including phenoxy) is 1. The van der Waals surface area contributed by atoms with Gasteiger partial charge in [0.1, 0.15) is 6.61 Å². The summed E-state index contributed by atoms with van der Waals surface area (Å²) < 4.78 is 9.72. The average Bonchev–Trinajstić information content (AvgIpc) is 2.50. The third-order valence-corrected chi connectivity index (χ3v) is 1.38. The number of hydrogen-bond acceptors (Lipinski definition) is 5. The summed E-state index contributed by atoms with van der Waals surface area (Å²) in [5.74, 6) is 1.25. The first-order valence-corrected chi connectivity index (χ1v) is 3.82. The molecule has 0 spiro atoms. The van der Waals surface area contributed by atoms with Crippen LogP contribution in [0.2, 0.25) is 0 Å². The second-order valence-electron chi connectivity index (χ2n) is 2.39. The molecule has 68 valence electrons. The molecule has 0 aliphatic rings. The van der Waals surface area contributed by atoms with Crippen molar-refractivity contribution in [3.63, 3.8) is 0 Å². The Labute approximate surface area is 71.1 Å². The molecule has 1 N–H and O–H groups in total. The van der Waals surface area contributed by atoms with Crippen molar-refractivity contribution in [1.82, 2.24) is 15.5 Å². The molecule has 1 heterocycles. The lowest BCUT2D eigenvalue weighted by Crippen LogP contribution is -2.11. The Morgan fingerprint density at radius 2 is 2.42 bits per heavy atom. The molecule has 5 heteroatoms. The quantitative estimate of drug-likeness (QED) is 0.674. The Morgan fingerprint density at radius 1 is 1.58 bits per heavy atom. The molecule has 0 aliphatic carbocycles. The van der Waals surface area contributed by atoms with Gasteiger partial charge in [-0.05, 0) is 7.05 Å². The molecular formula is C7H13N3O2. The molecule has 0 saturated heterocycles. The zero-order valence-electron chi connectivity index (χ0n) is 7.33. The summed E-state index contributed by atoms with van der Waals surface area (Å²) in [4.78, 5) is 4.09. The lowest BCUT2D eigenvalue weighted by atomic mass is 10.4. The van der Waals surface area contributed by atoms with Crippen LogP contribution in [0.1, 0.15) is 11.7 Å². The van der Waals surface area contributed by atoms with E-state index in [1.54, 1.807) is 7.11 Å². The zero-order chi connectivity index (χ0) is 8.81. The third-order valence-electron chi connectivity index (χ3n) is 1.38. The van der Waals surface area contributed by atoms with Crippen molar-refractivity contribution in [2.45, 2.75) is 13.0 Å². The summed E-state index contributed by atoms with van der Waals surface area (Å²) in [6, 6.07) is 0. The molecule has 1 aromatic rings. The maximum Gasteiger partial charge on any atom is 0.252 e. The van der Waals surface area contributed by atoms with E-state index in [2.05, 4.69) is 15.5 Å². The van der Waals surface area contributed by atoms with Crippen molar-refractivity contribution >= 4 is 0 Å². The van der Waals surface area contributed by atoms with Crippen LogP contribution in [0.5, 0.6) is 0 Å². The van der Waals surface area contributed by atoms with Gasteiger partial charge in [0.2, 0.25) is 0 Å². The highest BCUT2D eigenvalue weighted by Gasteiger charge is 2.03. The molecular weight excluding hydrogens is 158 g/mol. The summed E-state index contributed by atoms with van der Waals surface area (Å²) in [5.41, 5.74) is 0. The summed E-state index contributed by atoms with van der Waals surface area (Å²) in [5, 5.41) is 6.77. The summed E-state index contributed by atoms with van der Waals surface area (Å²) in [6.45, 7) is 1.23. The molecule has 0 bridgehead atoms. The summed E-state index contributed by atoms with van der Waals surface area (Å²) in [6.07, 6.45) is 0.781. The van der Waals surface area contributed by atoms with E-state index in [4.69, 9.17) is 9.26 Å². The van der Waals surface area contributed by atoms with Crippen molar-refractivity contribution in [3.8, 4) is 0 Å². The molecule has 12 heavy (non-hydrogen) atoms. The van der Waals surface area contributed by atoms with Crippen molar-refractivity contribution in [1.29, 1.82) is 0 Å². The number of nitrogens with one attached hydrogen (secondary N) is 1. The van der Waals surface area contributed by atoms with E-state index in [-0.39, 0.29) is 0 Å². The maximum absolute atomic E-state index is 4.89. The second kappa shape index (κ2) is 4.84. The van der Waals surface area contributed by atoms with Crippen molar-refractivity contribution in [2.75, 3.05) is 20.7 Å². The van der Waals surface area contributed by atoms with Gasteiger partial charge >= 0.3 is 0 Å². The van der Waals surface area contributed by atoms with Gasteiger partial charge in [0, 0.05) is 20.1 Å². The fraction of sp³-hybridized carbons (Fsp3) is 0.714. The Balaban J connectivity index is 2.41. The van der Waals surface area contributed by atoms with Gasteiger partial charge in [-0.2, -0.15) is 4.98 Å². The van der Waals surface area contributed by atoms with E-state index in [9.17, 15) is 0 Å². The minimum Gasteiger partial charge on any atom is -0.375 e. The van der Waals surface area contributed by atoms with Crippen molar-refractivity contribution in [3.05, 3.63) is 11.7 Å². The lowest BCUT2D eigenvalue weighted by molar-refractivity contribution is 0.151. The largest absolute Gasteiger partial charge is 0.375 e. The van der Waals surface area contributed by atoms with E-state index in [0.717, 1.165) is 18.8 Å². The van der Waals surface area contributed by atoms with Crippen LogP contribution >= 0.6 is 0 Å². The predicted molar refractivity (Wildman–Crippen MR) is 42.6 cm³/mol. The molecule has 0 radical (unpaired) electrons. The number of hydrogen-bond donors (Lipinski definition) is 1. The standard InChI is InChI=1S/C7H13N3O2/c1-8-4-3-6-9-7(5-11-2)12-10-6/h8H,3-5H2,1-2H3. The van der Waals surface area contributed by atoms with Crippen LogP contribution in [-0.2, 0) is 17.8 Å². The van der Waals surface area contributed by atoms with E-state index < -0.39 is 0 Å². The number of nitrogens with zero attached hydrogens (tertiary/aromatic N) is 2. The molecule has 0 aliphatic heterocycles. The summed E-state index contributed by atoms with van der Waals surface area (Å²) in [7, 11) is 3.48. The molecule has 5 nitrogen and oxygen atoms in total. The van der Waals surface area contributed by atoms with Gasteiger partial charge in [-0.1, -0.05) is 5.16 Å². The van der Waals surface area contributed by atoms with Gasteiger partial charge in [-0.25, -0.2) is 0 Å². The molecule has 0 unspecified atom stereocenters. The second-order valence-corrected chi connectivity index (χ2v) is 2.39. The highest BCUT2D eigenvalue weighted by atomic mass is 16.5. The maximum atomic E-state index is 4.89. The van der Waals surface area contributed by atoms with Crippen LogP contribution in [-0.4, -0.2) is 30.8 Å². The zero-order valence-corrected chi connectivity index (χ0v) is 7.33. The van der Waals surface area contributed by atoms with Gasteiger partial charge in [0.05, 0.1) is 0 Å². The average molecular weight is 171 g/mol. The molecule has 1 rings (SSSR count). The van der Waals surface area contributed by atoms with E-state index in [0.29, 0.717) is 12.5 Å². The molecule has 1 aromatic heterocycles. The van der Waals surface area contributed by atoms with E-state index in [1.165, 1.54) is 0 Å². The Morgan fingerprint density at radius 3 is 3.08 bits per heavy atom. The van der Waals surface area contributed by atoms with Crippen LogP contribution in [0.25, 0.3) is 0 Å². The monoisotopic (exact) mass is 171 g/mol. The van der Waals surface area contributed by atoms with Crippen LogP contribution in [0.4, 0.5) is 0 Å². The first kappa shape index (κ1) is 9.15. The van der Waals surface area contributed by atoms with Gasteiger partial charge < -0.3 is 14.6 Å². The number of rotatable bonds is 5. The highest BCUT2D eigenvalue weighted by molar-refractivity contribution is 4.85. The van der Waals surface area contributed by atoms with Crippen LogP contribution in [0.15, 0.2) is 4.52 Å². The Bertz CT molecular complexity index is 224. The molecule has 0 atom stereocenters. The predicted octanol–water partition coefficient (Wildman–Crippen LogP) is -0.0221. The minimum atomic E-state index is 0.382. The van der Waals surface area contributed by atoms with Gasteiger partial charge in [0.25, 0.3) is 5.89 Å². The number of likely N-dealkylation sites (N-methyl/N-ethyl adjacent to an activating group) is 1. The number of aromatic nitrogens is 2. The smallest absolute Gasteiger partial charge is 0.252 e. The van der Waals surface area contributed by atoms with E-state index >= 15 is 0 Å². The molecule has 0 saturated carbocycles. The van der Waals surface area contributed by atoms with Gasteiger partial charge in [-0.3, -0.25) is 0 Å². The number of methoxy groups -OCH3 is 1. The Hall–Kier alpha value is -0.940. The Kier molecular flexibility index (Phi) is 3.69. The van der Waals surface area contributed by atoms with Crippen LogP contribution in [0.3, 0.4) is 0 Å². The summed E-state index contributed by atoms with van der Waals surface area (Å²) >= 11 is 0. The van der Waals surface area contributed by atoms with Gasteiger partial charge in [0.15, 0.2) is 5.82 Å². The lowest BCUT2D eigenvalue weighted by Gasteiger charge is -1.90. The molecule has 0 aromatic carbocycles. The van der Waals surface area contributed by atoms with Crippen LogP contribution in [0, 0.1) is 0 Å². The van der Waals surface area contributed by atoms with Crippen LogP contribution < -0.4 is 5.32 Å².